The van der Waals surface area contributed by atoms with Crippen LogP contribution in [0.1, 0.15) is 0 Å². The van der Waals surface area contributed by atoms with Crippen molar-refractivity contribution in [2.45, 2.75) is 0 Å². The fraction of sp³-hybridized carbons (Fsp3) is 0. The number of carbonyl (C=O) groups is 2. The van der Waals surface area contributed by atoms with Crippen molar-refractivity contribution < 1.29 is 123 Å². The van der Waals surface area contributed by atoms with Crippen LogP contribution in [0.3, 0.4) is 0 Å². The second-order valence-corrected chi connectivity index (χ2v) is 1.72. The maximum absolute atomic E-state index is 9.46. The van der Waals surface area contributed by atoms with Gasteiger partial charge in [0.2, 0.25) is 0 Å². The first-order chi connectivity index (χ1) is 5.61. The molecule has 64 valence electrons. The number of nitrogens with one attached hydrogen (secondary N) is 2. The predicted octanol–water partition coefficient (Wildman–Crippen LogP) is -10.7. The van der Waals surface area contributed by atoms with Crippen LogP contribution in [0.15, 0.2) is 10.2 Å². The zero-order valence-corrected chi connectivity index (χ0v) is 13.8. The van der Waals surface area contributed by atoms with Crippen LogP contribution in [0.2, 0.25) is 0 Å². The molecule has 8 nitrogen and oxygen atoms in total. The molecule has 0 saturated heterocycles. The largest absolute Gasteiger partial charge is 1.00 e. The molecule has 0 fully saturated rings. The summed E-state index contributed by atoms with van der Waals surface area (Å²) >= 11 is 0. The third kappa shape index (κ3) is 8.46. The summed E-state index contributed by atoms with van der Waals surface area (Å²) in [6.07, 6.45) is 0. The van der Waals surface area contributed by atoms with Gasteiger partial charge in [0.1, 0.15) is 11.9 Å². The van der Waals surface area contributed by atoms with E-state index in [1.54, 1.807) is 0 Å². The molecule has 0 radical (unpaired) electrons. The van der Waals surface area contributed by atoms with Gasteiger partial charge in [-0.05, 0) is 0 Å². The number of carboxylic acid groups (broad SMARTS) is 2. The smallest absolute Gasteiger partial charge is 0.541 e. The number of carboxylic acids is 2. The van der Waals surface area contributed by atoms with Crippen molar-refractivity contribution in [3.8, 4) is 0 Å². The van der Waals surface area contributed by atoms with E-state index in [0.29, 0.717) is 0 Å². The van der Waals surface area contributed by atoms with Crippen molar-refractivity contribution in [3.05, 3.63) is 0 Å². The summed E-state index contributed by atoms with van der Waals surface area (Å²) in [4.78, 5) is 18.9. The molecule has 0 amide bonds. The minimum absolute atomic E-state index is 0. The average molecular weight is 248 g/mol. The molecule has 2 aliphatic rings. The quantitative estimate of drug-likeness (QED) is 0.463. The minimum atomic E-state index is -1.24. The van der Waals surface area contributed by atoms with Crippen LogP contribution in [0.4, 0.5) is 0 Å². The molecule has 0 unspecified atom stereocenters. The van der Waals surface area contributed by atoms with Crippen LogP contribution >= 0.6 is 0 Å². The molecule has 0 spiro atoms. The van der Waals surface area contributed by atoms with E-state index in [9.17, 15) is 19.8 Å². The van der Waals surface area contributed by atoms with E-state index in [-0.39, 0.29) is 114 Å². The molecule has 2 aliphatic heterocycles. The van der Waals surface area contributed by atoms with Gasteiger partial charge in [-0.1, -0.05) is 0 Å². The van der Waals surface area contributed by atoms with E-state index < -0.39 is 11.9 Å². The van der Waals surface area contributed by atoms with E-state index in [0.717, 1.165) is 0 Å². The van der Waals surface area contributed by atoms with Gasteiger partial charge in [-0.2, -0.15) is 10.2 Å². The standard InChI is InChI=1S/2C2H2N2O2.2K/c2*5-2(6)1-3-4-1;;/h2*(H,3,4)(H,5,6);;/q;;2*+1/p-2. The molecule has 14 heavy (non-hydrogen) atoms. The normalized spacial score (nSPS) is 12.9. The Labute approximate surface area is 163 Å². The van der Waals surface area contributed by atoms with E-state index in [1.807, 2.05) is 0 Å². The van der Waals surface area contributed by atoms with Gasteiger partial charge in [0, 0.05) is 0 Å². The summed E-state index contributed by atoms with van der Waals surface area (Å²) < 4.78 is 0. The number of hydrogen-bond acceptors (Lipinski definition) is 8. The first-order valence-electron chi connectivity index (χ1n) is 2.71. The van der Waals surface area contributed by atoms with Gasteiger partial charge in [-0.15, -0.1) is 0 Å². The summed E-state index contributed by atoms with van der Waals surface area (Å²) in [6, 6.07) is 0. The van der Waals surface area contributed by atoms with Crippen molar-refractivity contribution in [2.24, 2.45) is 10.2 Å². The van der Waals surface area contributed by atoms with Gasteiger partial charge in [0.25, 0.3) is 0 Å². The van der Waals surface area contributed by atoms with Crippen molar-refractivity contribution in [3.63, 3.8) is 0 Å². The molecule has 0 aromatic rings. The van der Waals surface area contributed by atoms with Crippen molar-refractivity contribution >= 4 is 23.6 Å². The Kier molecular flexibility index (Phi) is 10.4. The Morgan fingerprint density at radius 1 is 0.929 bits per heavy atom. The van der Waals surface area contributed by atoms with Gasteiger partial charge in [-0.3, -0.25) is 10.9 Å². The van der Waals surface area contributed by atoms with Crippen LogP contribution in [0.5, 0.6) is 0 Å². The van der Waals surface area contributed by atoms with Gasteiger partial charge in [-0.25, -0.2) is 0 Å². The monoisotopic (exact) mass is 248 g/mol. The third-order valence-corrected chi connectivity index (χ3v) is 0.834. The van der Waals surface area contributed by atoms with Gasteiger partial charge in [0.05, 0.1) is 0 Å². The fourth-order valence-electron chi connectivity index (χ4n) is 0.238. The molecule has 2 heterocycles. The molecule has 0 saturated carbocycles. The average Bonchev–Trinajstić information content (AvgIpc) is 2.85. The molecule has 0 atom stereocenters. The molecule has 0 bridgehead atoms. The molecule has 2 rings (SSSR count). The predicted molar refractivity (Wildman–Crippen MR) is 31.2 cm³/mol. The Hall–Kier alpha value is 1.15. The summed E-state index contributed by atoms with van der Waals surface area (Å²) in [5.74, 6) is -2.60. The Bertz CT molecular complexity index is 272. The van der Waals surface area contributed by atoms with Crippen LogP contribution in [-0.4, -0.2) is 23.6 Å². The summed E-state index contributed by atoms with van der Waals surface area (Å²) in [7, 11) is 0. The number of rotatable bonds is 2. The summed E-state index contributed by atoms with van der Waals surface area (Å²) in [5, 5.41) is 25.1. The van der Waals surface area contributed by atoms with Crippen LogP contribution in [0, 0.1) is 0 Å². The number of hydrazone groups is 2. The number of aliphatic carboxylic acids is 2. The molecule has 2 N–H and O–H groups in total. The first-order valence-corrected chi connectivity index (χ1v) is 2.71. The second-order valence-electron chi connectivity index (χ2n) is 1.72. The molecular formula is C4H2K2N4O4. The maximum Gasteiger partial charge on any atom is 1.00 e. The Balaban J connectivity index is 0. The molecule has 0 aliphatic carbocycles. The SMILES string of the molecule is O=C([O-])C1=NN1.O=C([O-])C1=NN1.[K+].[K+]. The Morgan fingerprint density at radius 3 is 1.14 bits per heavy atom. The zero-order chi connectivity index (χ0) is 9.14. The van der Waals surface area contributed by atoms with E-state index >= 15 is 0 Å². The minimum Gasteiger partial charge on any atom is -0.541 e. The second kappa shape index (κ2) is 8.32. The fourth-order valence-corrected chi connectivity index (χ4v) is 0.238. The van der Waals surface area contributed by atoms with E-state index in [1.165, 1.54) is 0 Å². The summed E-state index contributed by atoms with van der Waals surface area (Å²) in [5.41, 5.74) is 4.23. The van der Waals surface area contributed by atoms with Crippen molar-refractivity contribution in [2.75, 3.05) is 0 Å². The molecular weight excluding hydrogens is 246 g/mol. The van der Waals surface area contributed by atoms with Gasteiger partial charge in [0.15, 0.2) is 11.7 Å². The third-order valence-electron chi connectivity index (χ3n) is 0.834. The van der Waals surface area contributed by atoms with Crippen LogP contribution in [0.25, 0.3) is 0 Å². The zero-order valence-electron chi connectivity index (χ0n) is 7.53. The van der Waals surface area contributed by atoms with Crippen LogP contribution in [-0.2, 0) is 9.59 Å². The molecule has 0 aromatic heterocycles. The maximum atomic E-state index is 9.46. The molecule has 10 heteroatoms. The van der Waals surface area contributed by atoms with Gasteiger partial charge < -0.3 is 19.8 Å². The number of amidine groups is 2. The van der Waals surface area contributed by atoms with Crippen LogP contribution < -0.4 is 124 Å². The van der Waals surface area contributed by atoms with Crippen molar-refractivity contribution in [1.29, 1.82) is 0 Å². The molecule has 0 aromatic carbocycles. The van der Waals surface area contributed by atoms with E-state index in [4.69, 9.17) is 0 Å². The van der Waals surface area contributed by atoms with E-state index in [2.05, 4.69) is 21.1 Å². The number of nitrogens with zero attached hydrogens (tertiary/aromatic N) is 2. The van der Waals surface area contributed by atoms with Crippen molar-refractivity contribution in [1.82, 2.24) is 10.9 Å². The number of hydrogen-bond donors (Lipinski definition) is 2. The summed E-state index contributed by atoms with van der Waals surface area (Å²) in [6.45, 7) is 0. The van der Waals surface area contributed by atoms with Gasteiger partial charge >= 0.3 is 103 Å². The first kappa shape index (κ1) is 17.5. The Morgan fingerprint density at radius 2 is 1.14 bits per heavy atom. The topological polar surface area (TPSA) is 149 Å². The number of carbonyl (C=O) groups excluding carboxylic acids is 2.